The topological polar surface area (TPSA) is 23.5 Å². The Labute approximate surface area is 114 Å². The van der Waals surface area contributed by atoms with Crippen molar-refractivity contribution in [2.75, 3.05) is 11.4 Å². The van der Waals surface area contributed by atoms with Crippen molar-refractivity contribution >= 4 is 11.4 Å². The predicted molar refractivity (Wildman–Crippen MR) is 78.9 cm³/mol. The van der Waals surface area contributed by atoms with E-state index in [0.717, 1.165) is 30.6 Å². The number of aliphatic hydroxyl groups is 1. The second-order valence-corrected chi connectivity index (χ2v) is 5.17. The fourth-order valence-electron chi connectivity index (χ4n) is 2.89. The van der Waals surface area contributed by atoms with Crippen molar-refractivity contribution in [3.63, 3.8) is 0 Å². The van der Waals surface area contributed by atoms with Gasteiger partial charge in [0.15, 0.2) is 0 Å². The third-order valence-corrected chi connectivity index (χ3v) is 3.81. The van der Waals surface area contributed by atoms with Gasteiger partial charge in [-0.2, -0.15) is 0 Å². The van der Waals surface area contributed by atoms with Gasteiger partial charge in [0.1, 0.15) is 0 Å². The zero-order valence-electron chi connectivity index (χ0n) is 11.3. The molecule has 19 heavy (non-hydrogen) atoms. The number of aliphatic hydroxyl groups excluding tert-OH is 1. The van der Waals surface area contributed by atoms with Gasteiger partial charge in [-0.15, -0.1) is 0 Å². The van der Waals surface area contributed by atoms with Gasteiger partial charge in [0.05, 0.1) is 6.61 Å². The van der Waals surface area contributed by atoms with Crippen LogP contribution in [0.1, 0.15) is 23.1 Å². The minimum Gasteiger partial charge on any atom is -0.392 e. The summed E-state index contributed by atoms with van der Waals surface area (Å²) in [7, 11) is 0. The summed E-state index contributed by atoms with van der Waals surface area (Å²) in [5.74, 6) is 0. The summed E-state index contributed by atoms with van der Waals surface area (Å²) in [6.07, 6.45) is 2.31. The van der Waals surface area contributed by atoms with Gasteiger partial charge in [0.2, 0.25) is 0 Å². The maximum atomic E-state index is 9.59. The smallest absolute Gasteiger partial charge is 0.0702 e. The lowest BCUT2D eigenvalue weighted by Gasteiger charge is -2.32. The highest BCUT2D eigenvalue weighted by molar-refractivity contribution is 5.70. The quantitative estimate of drug-likeness (QED) is 0.884. The Hall–Kier alpha value is -1.80. The molecule has 0 bridgehead atoms. The number of fused-ring (bicyclic) bond motifs is 1. The van der Waals surface area contributed by atoms with Gasteiger partial charge in [0, 0.05) is 23.5 Å². The van der Waals surface area contributed by atoms with E-state index in [9.17, 15) is 5.11 Å². The predicted octanol–water partition coefficient (Wildman–Crippen LogP) is 3.57. The lowest BCUT2D eigenvalue weighted by Crippen LogP contribution is -2.25. The second-order valence-electron chi connectivity index (χ2n) is 5.17. The van der Waals surface area contributed by atoms with Crippen molar-refractivity contribution in [2.45, 2.75) is 26.4 Å². The van der Waals surface area contributed by atoms with Gasteiger partial charge >= 0.3 is 0 Å². The first-order valence-electron chi connectivity index (χ1n) is 6.85. The molecule has 1 aliphatic rings. The number of benzene rings is 2. The summed E-state index contributed by atoms with van der Waals surface area (Å²) < 4.78 is 0. The van der Waals surface area contributed by atoms with E-state index in [0.29, 0.717) is 0 Å². The van der Waals surface area contributed by atoms with Crippen molar-refractivity contribution in [3.05, 3.63) is 59.2 Å². The summed E-state index contributed by atoms with van der Waals surface area (Å²) in [6, 6.07) is 14.9. The Morgan fingerprint density at radius 1 is 1.11 bits per heavy atom. The summed E-state index contributed by atoms with van der Waals surface area (Å²) in [5, 5.41) is 9.59. The van der Waals surface area contributed by atoms with Crippen molar-refractivity contribution in [2.24, 2.45) is 0 Å². The molecule has 2 heteroatoms. The number of aryl methyl sites for hydroxylation is 2. The molecule has 0 saturated carbocycles. The van der Waals surface area contributed by atoms with E-state index in [1.54, 1.807) is 0 Å². The van der Waals surface area contributed by atoms with Crippen LogP contribution >= 0.6 is 0 Å². The van der Waals surface area contributed by atoms with Crippen molar-refractivity contribution in [1.29, 1.82) is 0 Å². The van der Waals surface area contributed by atoms with Crippen LogP contribution in [0.2, 0.25) is 0 Å². The van der Waals surface area contributed by atoms with Gasteiger partial charge in [-0.1, -0.05) is 35.9 Å². The normalized spacial score (nSPS) is 14.3. The fourth-order valence-corrected chi connectivity index (χ4v) is 2.89. The minimum absolute atomic E-state index is 0.0929. The van der Waals surface area contributed by atoms with E-state index >= 15 is 0 Å². The number of hydrogen-bond acceptors (Lipinski definition) is 2. The van der Waals surface area contributed by atoms with E-state index in [1.165, 1.54) is 16.8 Å². The molecule has 1 heterocycles. The molecular weight excluding hydrogens is 234 g/mol. The molecule has 3 rings (SSSR count). The van der Waals surface area contributed by atoms with Gasteiger partial charge in [0.25, 0.3) is 0 Å². The molecule has 0 unspecified atom stereocenters. The number of rotatable bonds is 2. The number of anilines is 2. The van der Waals surface area contributed by atoms with E-state index in [-0.39, 0.29) is 6.61 Å². The van der Waals surface area contributed by atoms with E-state index in [2.05, 4.69) is 54.3 Å². The first-order valence-corrected chi connectivity index (χ1v) is 6.85. The van der Waals surface area contributed by atoms with E-state index in [1.807, 2.05) is 0 Å². The van der Waals surface area contributed by atoms with Crippen LogP contribution in [0.4, 0.5) is 11.4 Å². The van der Waals surface area contributed by atoms with Gasteiger partial charge in [-0.3, -0.25) is 0 Å². The molecule has 1 aliphatic heterocycles. The SMILES string of the molecule is Cc1ccc(N2CCCc3ccccc32)c(CO)c1. The molecule has 0 amide bonds. The molecule has 0 atom stereocenters. The van der Waals surface area contributed by atoms with E-state index < -0.39 is 0 Å². The monoisotopic (exact) mass is 253 g/mol. The summed E-state index contributed by atoms with van der Waals surface area (Å²) in [4.78, 5) is 2.34. The first-order chi connectivity index (χ1) is 9.29. The Morgan fingerprint density at radius 3 is 2.79 bits per heavy atom. The average molecular weight is 253 g/mol. The minimum atomic E-state index is 0.0929. The largest absolute Gasteiger partial charge is 0.392 e. The summed E-state index contributed by atoms with van der Waals surface area (Å²) >= 11 is 0. The van der Waals surface area contributed by atoms with Crippen molar-refractivity contribution in [3.8, 4) is 0 Å². The van der Waals surface area contributed by atoms with Crippen LogP contribution in [-0.4, -0.2) is 11.7 Å². The van der Waals surface area contributed by atoms with Crippen LogP contribution in [0.25, 0.3) is 0 Å². The molecule has 98 valence electrons. The third-order valence-electron chi connectivity index (χ3n) is 3.81. The third kappa shape index (κ3) is 2.24. The lowest BCUT2D eigenvalue weighted by atomic mass is 9.99. The van der Waals surface area contributed by atoms with Crippen LogP contribution in [-0.2, 0) is 13.0 Å². The molecule has 0 radical (unpaired) electrons. The lowest BCUT2D eigenvalue weighted by molar-refractivity contribution is 0.282. The molecule has 0 fully saturated rings. The fraction of sp³-hybridized carbons (Fsp3) is 0.294. The number of para-hydroxylation sites is 1. The highest BCUT2D eigenvalue weighted by Gasteiger charge is 2.19. The van der Waals surface area contributed by atoms with Crippen LogP contribution in [0.5, 0.6) is 0 Å². The van der Waals surface area contributed by atoms with Crippen LogP contribution in [0.3, 0.4) is 0 Å². The Bertz CT molecular complexity index is 592. The van der Waals surface area contributed by atoms with Crippen molar-refractivity contribution < 1.29 is 5.11 Å². The highest BCUT2D eigenvalue weighted by Crippen LogP contribution is 2.35. The van der Waals surface area contributed by atoms with Gasteiger partial charge in [-0.25, -0.2) is 0 Å². The number of hydrogen-bond donors (Lipinski definition) is 1. The van der Waals surface area contributed by atoms with Crippen molar-refractivity contribution in [1.82, 2.24) is 0 Å². The summed E-state index contributed by atoms with van der Waals surface area (Å²) in [5.41, 5.74) is 6.03. The molecule has 0 aliphatic carbocycles. The number of nitrogens with zero attached hydrogens (tertiary/aromatic N) is 1. The van der Waals surface area contributed by atoms with E-state index in [4.69, 9.17) is 0 Å². The molecule has 2 aromatic carbocycles. The summed E-state index contributed by atoms with van der Waals surface area (Å²) in [6.45, 7) is 3.18. The van der Waals surface area contributed by atoms with Crippen LogP contribution in [0, 0.1) is 6.92 Å². The van der Waals surface area contributed by atoms with Gasteiger partial charge in [-0.05, 0) is 37.5 Å². The second kappa shape index (κ2) is 5.06. The van der Waals surface area contributed by atoms with Gasteiger partial charge < -0.3 is 10.0 Å². The maximum Gasteiger partial charge on any atom is 0.0702 e. The maximum absolute atomic E-state index is 9.59. The first kappa shape index (κ1) is 12.2. The molecular formula is C17H19NO. The van der Waals surface area contributed by atoms with Crippen LogP contribution in [0.15, 0.2) is 42.5 Å². The molecule has 2 nitrogen and oxygen atoms in total. The Balaban J connectivity index is 2.09. The molecule has 2 aromatic rings. The average Bonchev–Trinajstić information content (AvgIpc) is 2.46. The molecule has 0 aromatic heterocycles. The standard InChI is InChI=1S/C17H19NO/c1-13-8-9-17(15(11-13)12-19)18-10-4-6-14-5-2-3-7-16(14)18/h2-3,5,7-9,11,19H,4,6,10,12H2,1H3. The highest BCUT2D eigenvalue weighted by atomic mass is 16.3. The molecule has 0 spiro atoms. The Morgan fingerprint density at radius 2 is 1.95 bits per heavy atom. The zero-order valence-corrected chi connectivity index (χ0v) is 11.3. The molecule has 1 N–H and O–H groups in total. The molecule has 0 saturated heterocycles. The van der Waals surface area contributed by atoms with Crippen LogP contribution < -0.4 is 4.90 Å². The Kier molecular flexibility index (Phi) is 3.26. The zero-order chi connectivity index (χ0) is 13.2.